The van der Waals surface area contributed by atoms with E-state index in [0.29, 0.717) is 5.92 Å². The summed E-state index contributed by atoms with van der Waals surface area (Å²) in [5, 5.41) is 0. The first kappa shape index (κ1) is 10.6. The van der Waals surface area contributed by atoms with Crippen LogP contribution in [0.4, 0.5) is 0 Å². The molecule has 0 unspecified atom stereocenters. The van der Waals surface area contributed by atoms with Crippen molar-refractivity contribution in [1.29, 1.82) is 0 Å². The second-order valence-corrected chi connectivity index (χ2v) is 4.35. The fraction of sp³-hybridized carbons (Fsp3) is 0.462. The molecule has 4 nitrogen and oxygen atoms in total. The third-order valence-corrected chi connectivity index (χ3v) is 3.32. The highest BCUT2D eigenvalue weighted by molar-refractivity contribution is 5.44. The van der Waals surface area contributed by atoms with Crippen molar-refractivity contribution in [2.45, 2.75) is 18.8 Å². The van der Waals surface area contributed by atoms with E-state index in [9.17, 15) is 0 Å². The van der Waals surface area contributed by atoms with E-state index >= 15 is 0 Å². The minimum absolute atomic E-state index is 0.522. The number of pyridine rings is 1. The lowest BCUT2D eigenvalue weighted by atomic mass is 9.97. The van der Waals surface area contributed by atoms with Crippen LogP contribution >= 0.6 is 0 Å². The molecular weight excluding hydrogens is 216 g/mol. The number of aromatic nitrogens is 2. The fourth-order valence-corrected chi connectivity index (χ4v) is 2.36. The van der Waals surface area contributed by atoms with Crippen molar-refractivity contribution in [1.82, 2.24) is 9.38 Å². The number of methoxy groups -OCH3 is 1. The molecule has 2 aromatic heterocycles. The van der Waals surface area contributed by atoms with Gasteiger partial charge in [-0.2, -0.15) is 0 Å². The van der Waals surface area contributed by atoms with Crippen LogP contribution in [0.1, 0.15) is 24.5 Å². The molecule has 0 aliphatic carbocycles. The van der Waals surface area contributed by atoms with Crippen LogP contribution in [0.5, 0.6) is 5.88 Å². The standard InChI is InChI=1S/C13H16N2O2/c1-16-13-4-2-3-12-14-11(9-15(12)13)10-5-7-17-8-6-10/h2-4,9-10H,5-8H2,1H3. The summed E-state index contributed by atoms with van der Waals surface area (Å²) < 4.78 is 12.7. The zero-order valence-corrected chi connectivity index (χ0v) is 9.93. The predicted octanol–water partition coefficient (Wildman–Crippen LogP) is 2.24. The third-order valence-electron chi connectivity index (χ3n) is 3.32. The van der Waals surface area contributed by atoms with Gasteiger partial charge in [0.25, 0.3) is 0 Å². The Labute approximate surface area is 100 Å². The van der Waals surface area contributed by atoms with E-state index in [1.54, 1.807) is 7.11 Å². The molecule has 1 fully saturated rings. The summed E-state index contributed by atoms with van der Waals surface area (Å²) in [6, 6.07) is 5.92. The minimum Gasteiger partial charge on any atom is -0.482 e. The Morgan fingerprint density at radius 2 is 2.18 bits per heavy atom. The summed E-state index contributed by atoms with van der Waals surface area (Å²) in [5.74, 6) is 1.35. The number of nitrogens with zero attached hydrogens (tertiary/aromatic N) is 2. The van der Waals surface area contributed by atoms with Gasteiger partial charge in [0, 0.05) is 25.3 Å². The maximum atomic E-state index is 5.38. The van der Waals surface area contributed by atoms with Crippen LogP contribution in [-0.2, 0) is 4.74 Å². The molecule has 4 heteroatoms. The molecule has 3 heterocycles. The number of hydrogen-bond donors (Lipinski definition) is 0. The van der Waals surface area contributed by atoms with E-state index in [1.165, 1.54) is 0 Å². The van der Waals surface area contributed by atoms with Gasteiger partial charge in [0.2, 0.25) is 0 Å². The van der Waals surface area contributed by atoms with Gasteiger partial charge in [-0.25, -0.2) is 4.98 Å². The van der Waals surface area contributed by atoms with Gasteiger partial charge in [-0.15, -0.1) is 0 Å². The molecule has 0 spiro atoms. The Morgan fingerprint density at radius 1 is 1.35 bits per heavy atom. The number of ether oxygens (including phenoxy) is 2. The van der Waals surface area contributed by atoms with E-state index in [0.717, 1.165) is 43.3 Å². The second-order valence-electron chi connectivity index (χ2n) is 4.35. The lowest BCUT2D eigenvalue weighted by Gasteiger charge is -2.19. The molecule has 0 saturated carbocycles. The molecule has 3 rings (SSSR count). The summed E-state index contributed by atoms with van der Waals surface area (Å²) >= 11 is 0. The average Bonchev–Trinajstić information content (AvgIpc) is 2.83. The molecule has 0 aromatic carbocycles. The molecule has 0 bridgehead atoms. The molecular formula is C13H16N2O2. The Hall–Kier alpha value is -1.55. The van der Waals surface area contributed by atoms with Crippen molar-refractivity contribution >= 4 is 5.65 Å². The highest BCUT2D eigenvalue weighted by Gasteiger charge is 2.19. The first-order chi connectivity index (χ1) is 8.38. The summed E-state index contributed by atoms with van der Waals surface area (Å²) in [4.78, 5) is 4.67. The minimum atomic E-state index is 0.522. The Kier molecular flexibility index (Phi) is 2.73. The molecule has 90 valence electrons. The van der Waals surface area contributed by atoms with Crippen molar-refractivity contribution in [3.8, 4) is 5.88 Å². The van der Waals surface area contributed by atoms with Gasteiger partial charge in [-0.3, -0.25) is 4.40 Å². The molecule has 0 N–H and O–H groups in total. The van der Waals surface area contributed by atoms with E-state index < -0.39 is 0 Å². The zero-order valence-electron chi connectivity index (χ0n) is 9.93. The number of imidazole rings is 1. The van der Waals surface area contributed by atoms with Crippen LogP contribution in [-0.4, -0.2) is 29.7 Å². The lowest BCUT2D eigenvalue weighted by molar-refractivity contribution is 0.0846. The van der Waals surface area contributed by atoms with Crippen molar-refractivity contribution in [2.75, 3.05) is 20.3 Å². The van der Waals surface area contributed by atoms with Gasteiger partial charge < -0.3 is 9.47 Å². The van der Waals surface area contributed by atoms with Crippen LogP contribution in [0.2, 0.25) is 0 Å². The topological polar surface area (TPSA) is 35.8 Å². The van der Waals surface area contributed by atoms with Gasteiger partial charge in [-0.05, 0) is 25.0 Å². The van der Waals surface area contributed by atoms with Gasteiger partial charge in [0.05, 0.1) is 12.8 Å². The zero-order chi connectivity index (χ0) is 11.7. The van der Waals surface area contributed by atoms with Crippen molar-refractivity contribution in [2.24, 2.45) is 0 Å². The molecule has 17 heavy (non-hydrogen) atoms. The molecule has 0 atom stereocenters. The monoisotopic (exact) mass is 232 g/mol. The number of fused-ring (bicyclic) bond motifs is 1. The molecule has 2 aromatic rings. The SMILES string of the molecule is COc1cccc2nc(C3CCOCC3)cn12. The Bertz CT molecular complexity index is 515. The lowest BCUT2D eigenvalue weighted by Crippen LogP contribution is -2.14. The summed E-state index contributed by atoms with van der Waals surface area (Å²) in [5.41, 5.74) is 2.10. The maximum Gasteiger partial charge on any atom is 0.198 e. The molecule has 1 aliphatic rings. The maximum absolute atomic E-state index is 5.38. The van der Waals surface area contributed by atoms with Gasteiger partial charge >= 0.3 is 0 Å². The highest BCUT2D eigenvalue weighted by Crippen LogP contribution is 2.27. The van der Waals surface area contributed by atoms with Crippen LogP contribution in [0.25, 0.3) is 5.65 Å². The quantitative estimate of drug-likeness (QED) is 0.796. The predicted molar refractivity (Wildman–Crippen MR) is 64.5 cm³/mol. The number of rotatable bonds is 2. The largest absolute Gasteiger partial charge is 0.482 e. The highest BCUT2D eigenvalue weighted by atomic mass is 16.5. The number of hydrogen-bond acceptors (Lipinski definition) is 3. The van der Waals surface area contributed by atoms with Crippen molar-refractivity contribution < 1.29 is 9.47 Å². The molecule has 0 radical (unpaired) electrons. The van der Waals surface area contributed by atoms with Crippen molar-refractivity contribution in [3.63, 3.8) is 0 Å². The normalized spacial score (nSPS) is 17.5. The summed E-state index contributed by atoms with van der Waals surface area (Å²) in [7, 11) is 1.68. The molecule has 0 amide bonds. The molecule has 1 aliphatic heterocycles. The molecule has 1 saturated heterocycles. The fourth-order valence-electron chi connectivity index (χ4n) is 2.36. The Balaban J connectivity index is 2.00. The van der Waals surface area contributed by atoms with E-state index in [-0.39, 0.29) is 0 Å². The second kappa shape index (κ2) is 4.37. The van der Waals surface area contributed by atoms with Crippen LogP contribution in [0.3, 0.4) is 0 Å². The van der Waals surface area contributed by atoms with Crippen LogP contribution in [0.15, 0.2) is 24.4 Å². The van der Waals surface area contributed by atoms with Crippen LogP contribution in [0, 0.1) is 0 Å². The van der Waals surface area contributed by atoms with Crippen LogP contribution < -0.4 is 4.74 Å². The van der Waals surface area contributed by atoms with E-state index in [2.05, 4.69) is 11.2 Å². The van der Waals surface area contributed by atoms with Crippen molar-refractivity contribution in [3.05, 3.63) is 30.1 Å². The van der Waals surface area contributed by atoms with E-state index in [1.807, 2.05) is 22.6 Å². The average molecular weight is 232 g/mol. The summed E-state index contributed by atoms with van der Waals surface area (Å²) in [6.07, 6.45) is 4.21. The van der Waals surface area contributed by atoms with Gasteiger partial charge in [-0.1, -0.05) is 6.07 Å². The first-order valence-electron chi connectivity index (χ1n) is 5.98. The van der Waals surface area contributed by atoms with Gasteiger partial charge in [0.1, 0.15) is 5.65 Å². The third kappa shape index (κ3) is 1.89. The Morgan fingerprint density at radius 3 is 2.94 bits per heavy atom. The summed E-state index contributed by atoms with van der Waals surface area (Å²) in [6.45, 7) is 1.69. The van der Waals surface area contributed by atoms with E-state index in [4.69, 9.17) is 9.47 Å². The first-order valence-corrected chi connectivity index (χ1v) is 5.98. The smallest absolute Gasteiger partial charge is 0.198 e. The van der Waals surface area contributed by atoms with Gasteiger partial charge in [0.15, 0.2) is 5.88 Å².